The molecule has 0 saturated heterocycles. The predicted octanol–water partition coefficient (Wildman–Crippen LogP) is 4.40. The highest BCUT2D eigenvalue weighted by molar-refractivity contribution is 8.03. The predicted molar refractivity (Wildman–Crippen MR) is 133 cm³/mol. The lowest BCUT2D eigenvalue weighted by atomic mass is 10.2. The summed E-state index contributed by atoms with van der Waals surface area (Å²) in [5.41, 5.74) is 3.35. The van der Waals surface area contributed by atoms with Gasteiger partial charge in [-0.3, -0.25) is 0 Å². The molecule has 4 rings (SSSR count). The van der Waals surface area contributed by atoms with Gasteiger partial charge in [0, 0.05) is 45.3 Å². The molecular formula is C24H21Cl2IN2S2. The van der Waals surface area contributed by atoms with E-state index in [0.29, 0.717) is 0 Å². The summed E-state index contributed by atoms with van der Waals surface area (Å²) in [5, 5.41) is 3.84. The van der Waals surface area contributed by atoms with E-state index in [0.717, 1.165) is 39.4 Å². The number of rotatable bonds is 3. The van der Waals surface area contributed by atoms with Crippen LogP contribution in [0.15, 0.2) is 58.0 Å². The standard InChI is InChI=1S/C24H21Cl2N2S2.HI/c1-4-27-19-14-17(25)9-11-21(19)29-23(27)8-6-7-16(3)13-24-28(5-2)20-15-18(26)10-12-22(20)30-24;/h8-15H,4-5H2,1-3H3;1H/q+1;/p-1. The van der Waals surface area contributed by atoms with Crippen molar-refractivity contribution in [3.63, 3.8) is 0 Å². The molecule has 1 aliphatic heterocycles. The first-order valence-electron chi connectivity index (χ1n) is 9.77. The second kappa shape index (κ2) is 10.6. The van der Waals surface area contributed by atoms with Gasteiger partial charge < -0.3 is 28.9 Å². The number of halogens is 3. The number of anilines is 1. The number of benzene rings is 2. The third-order valence-electron chi connectivity index (χ3n) is 4.82. The highest BCUT2D eigenvalue weighted by atomic mass is 127. The molecule has 0 unspecified atom stereocenters. The maximum Gasteiger partial charge on any atom is 0.263 e. The van der Waals surface area contributed by atoms with E-state index >= 15 is 0 Å². The van der Waals surface area contributed by atoms with Crippen LogP contribution in [0.25, 0.3) is 16.3 Å². The second-order valence-electron chi connectivity index (χ2n) is 6.83. The molecule has 2 aromatic carbocycles. The Morgan fingerprint density at radius 3 is 2.61 bits per heavy atom. The third-order valence-corrected chi connectivity index (χ3v) is 7.52. The molecule has 2 heterocycles. The summed E-state index contributed by atoms with van der Waals surface area (Å²) in [6.07, 6.45) is 4.15. The van der Waals surface area contributed by atoms with Crippen LogP contribution >= 0.6 is 46.3 Å². The fraction of sp³-hybridized carbons (Fsp3) is 0.208. The Hall–Kier alpha value is -1.17. The minimum Gasteiger partial charge on any atom is -1.00 e. The number of allylic oxidation sites excluding steroid dienone is 2. The van der Waals surface area contributed by atoms with Crippen molar-refractivity contribution in [2.24, 2.45) is 0 Å². The Morgan fingerprint density at radius 1 is 1.13 bits per heavy atom. The average molecular weight is 599 g/mol. The lowest BCUT2D eigenvalue weighted by molar-refractivity contribution is -0.665. The Labute approximate surface area is 219 Å². The maximum atomic E-state index is 6.19. The van der Waals surface area contributed by atoms with Gasteiger partial charge in [-0.25, -0.2) is 0 Å². The van der Waals surface area contributed by atoms with Crippen LogP contribution in [0.3, 0.4) is 0 Å². The number of fused-ring (bicyclic) bond motifs is 2. The fourth-order valence-corrected chi connectivity index (χ4v) is 6.08. The summed E-state index contributed by atoms with van der Waals surface area (Å²) in [7, 11) is 0. The quantitative estimate of drug-likeness (QED) is 0.251. The van der Waals surface area contributed by atoms with Crippen molar-refractivity contribution < 1.29 is 28.5 Å². The van der Waals surface area contributed by atoms with Crippen LogP contribution in [0.5, 0.6) is 0 Å². The van der Waals surface area contributed by atoms with E-state index in [1.807, 2.05) is 30.3 Å². The SMILES string of the molecule is CCN1/C(=C/C#C/C(C)=C\c2sc3ccc(Cl)cc3[n+]2CC)Sc2ccc(Cl)cc21.[I-]. The number of aryl methyl sites for hydroxylation is 1. The summed E-state index contributed by atoms with van der Waals surface area (Å²) < 4.78 is 3.51. The number of thiazole rings is 1. The number of hydrogen-bond acceptors (Lipinski definition) is 3. The minimum atomic E-state index is 0. The fourth-order valence-electron chi connectivity index (χ4n) is 3.45. The molecule has 2 nitrogen and oxygen atoms in total. The van der Waals surface area contributed by atoms with E-state index in [-0.39, 0.29) is 24.0 Å². The van der Waals surface area contributed by atoms with Crippen molar-refractivity contribution in [1.82, 2.24) is 0 Å². The summed E-state index contributed by atoms with van der Waals surface area (Å²) in [5.74, 6) is 6.52. The van der Waals surface area contributed by atoms with E-state index in [2.05, 4.69) is 60.3 Å². The van der Waals surface area contributed by atoms with Crippen LogP contribution in [0, 0.1) is 11.8 Å². The first kappa shape index (κ1) is 24.5. The molecule has 3 aromatic rings. The Kier molecular flexibility index (Phi) is 8.39. The highest BCUT2D eigenvalue weighted by Gasteiger charge is 2.23. The van der Waals surface area contributed by atoms with Crippen LogP contribution in [0.4, 0.5) is 5.69 Å². The zero-order valence-corrected chi connectivity index (χ0v) is 22.7. The van der Waals surface area contributed by atoms with Crippen molar-refractivity contribution in [2.45, 2.75) is 32.2 Å². The summed E-state index contributed by atoms with van der Waals surface area (Å²) in [6, 6.07) is 12.1. The Morgan fingerprint density at radius 2 is 1.87 bits per heavy atom. The molecule has 1 aliphatic rings. The van der Waals surface area contributed by atoms with Crippen LogP contribution in [0.1, 0.15) is 25.8 Å². The topological polar surface area (TPSA) is 7.12 Å². The van der Waals surface area contributed by atoms with Gasteiger partial charge in [0.2, 0.25) is 5.52 Å². The smallest absolute Gasteiger partial charge is 0.263 e. The van der Waals surface area contributed by atoms with Gasteiger partial charge in [0.15, 0.2) is 0 Å². The van der Waals surface area contributed by atoms with Crippen molar-refractivity contribution >= 4 is 68.3 Å². The number of thioether (sulfide) groups is 1. The van der Waals surface area contributed by atoms with Gasteiger partial charge in [-0.05, 0) is 51.1 Å². The van der Waals surface area contributed by atoms with Crippen molar-refractivity contribution in [1.29, 1.82) is 0 Å². The van der Waals surface area contributed by atoms with E-state index in [1.165, 1.54) is 20.1 Å². The van der Waals surface area contributed by atoms with Crippen LogP contribution in [-0.2, 0) is 6.54 Å². The van der Waals surface area contributed by atoms with Crippen LogP contribution < -0.4 is 33.4 Å². The summed E-state index contributed by atoms with van der Waals surface area (Å²) in [6.45, 7) is 8.11. The monoisotopic (exact) mass is 598 g/mol. The molecule has 0 amide bonds. The van der Waals surface area contributed by atoms with Crippen molar-refractivity contribution in [2.75, 3.05) is 11.4 Å². The van der Waals surface area contributed by atoms with Gasteiger partial charge >= 0.3 is 0 Å². The first-order chi connectivity index (χ1) is 14.5. The minimum absolute atomic E-state index is 0. The van der Waals surface area contributed by atoms with Crippen LogP contribution in [-0.4, -0.2) is 6.54 Å². The molecule has 0 spiro atoms. The van der Waals surface area contributed by atoms with Gasteiger partial charge in [0.1, 0.15) is 11.2 Å². The average Bonchev–Trinajstić information content (AvgIpc) is 3.23. The molecule has 0 aliphatic carbocycles. The summed E-state index contributed by atoms with van der Waals surface area (Å²) in [4.78, 5) is 3.47. The van der Waals surface area contributed by atoms with Crippen LogP contribution in [0.2, 0.25) is 10.0 Å². The zero-order valence-electron chi connectivity index (χ0n) is 17.4. The van der Waals surface area contributed by atoms with E-state index in [9.17, 15) is 0 Å². The zero-order chi connectivity index (χ0) is 21.3. The van der Waals surface area contributed by atoms with Gasteiger partial charge in [-0.2, -0.15) is 4.57 Å². The Balaban J connectivity index is 0.00000272. The number of nitrogens with zero attached hydrogens (tertiary/aromatic N) is 2. The molecular weight excluding hydrogens is 578 g/mol. The van der Waals surface area contributed by atoms with Gasteiger partial charge in [-0.1, -0.05) is 58.1 Å². The molecule has 0 atom stereocenters. The number of hydrogen-bond donors (Lipinski definition) is 0. The van der Waals surface area contributed by atoms with Gasteiger partial charge in [0.25, 0.3) is 5.01 Å². The first-order valence-corrected chi connectivity index (χ1v) is 12.2. The molecule has 0 bridgehead atoms. The maximum absolute atomic E-state index is 6.19. The van der Waals surface area contributed by atoms with Gasteiger partial charge in [-0.15, -0.1) is 0 Å². The van der Waals surface area contributed by atoms with Gasteiger partial charge in [0.05, 0.1) is 10.7 Å². The normalized spacial score (nSPS) is 14.4. The molecule has 31 heavy (non-hydrogen) atoms. The van der Waals surface area contributed by atoms with E-state index < -0.39 is 0 Å². The molecule has 160 valence electrons. The highest BCUT2D eigenvalue weighted by Crippen LogP contribution is 2.46. The molecule has 7 heteroatoms. The van der Waals surface area contributed by atoms with E-state index in [1.54, 1.807) is 23.1 Å². The molecule has 0 saturated carbocycles. The third kappa shape index (κ3) is 5.26. The van der Waals surface area contributed by atoms with E-state index in [4.69, 9.17) is 23.2 Å². The van der Waals surface area contributed by atoms with Crippen molar-refractivity contribution in [3.8, 4) is 11.8 Å². The lowest BCUT2D eigenvalue weighted by Crippen LogP contribution is -3.00. The summed E-state index contributed by atoms with van der Waals surface area (Å²) >= 11 is 15.9. The second-order valence-corrected chi connectivity index (χ2v) is 9.83. The van der Waals surface area contributed by atoms with Crippen molar-refractivity contribution in [3.05, 3.63) is 68.1 Å². The Bertz CT molecular complexity index is 1250. The molecule has 0 radical (unpaired) electrons. The molecule has 0 fully saturated rings. The lowest BCUT2D eigenvalue weighted by Gasteiger charge is -2.17. The number of aromatic nitrogens is 1. The molecule has 0 N–H and O–H groups in total. The molecule has 1 aromatic heterocycles. The largest absolute Gasteiger partial charge is 1.00 e.